The van der Waals surface area contributed by atoms with Crippen molar-refractivity contribution in [1.82, 2.24) is 9.55 Å². The maximum Gasteiger partial charge on any atom is 0.264 e. The van der Waals surface area contributed by atoms with Gasteiger partial charge in [-0.1, -0.05) is 17.7 Å². The number of aliphatic imine (C=N–C) groups is 1. The Morgan fingerprint density at radius 2 is 2.24 bits per heavy atom. The summed E-state index contributed by atoms with van der Waals surface area (Å²) in [6, 6.07) is 5.31. The number of nitrogens with zero attached hydrogens (tertiary/aromatic N) is 2. The summed E-state index contributed by atoms with van der Waals surface area (Å²) in [4.78, 5) is 18.6. The van der Waals surface area contributed by atoms with E-state index in [0.717, 1.165) is 5.56 Å². The first-order valence-corrected chi connectivity index (χ1v) is 7.09. The van der Waals surface area contributed by atoms with Gasteiger partial charge >= 0.3 is 0 Å². The highest BCUT2D eigenvalue weighted by Gasteiger charge is 2.10. The predicted molar refractivity (Wildman–Crippen MR) is 86.7 cm³/mol. The highest BCUT2D eigenvalue weighted by molar-refractivity contribution is 7.71. The fourth-order valence-corrected chi connectivity index (χ4v) is 2.33. The monoisotopic (exact) mass is 323 g/mol. The minimum atomic E-state index is -0.481. The molecule has 0 radical (unpaired) electrons. The highest BCUT2D eigenvalue weighted by Crippen LogP contribution is 2.25. The Bertz CT molecular complexity index is 824. The normalized spacial score (nSPS) is 11.2. The molecule has 0 saturated carbocycles. The summed E-state index contributed by atoms with van der Waals surface area (Å²) in [5.74, 6) is -0.199. The summed E-state index contributed by atoms with van der Waals surface area (Å²) < 4.78 is 1.60. The van der Waals surface area contributed by atoms with Gasteiger partial charge < -0.3 is 5.11 Å². The molecule has 0 amide bonds. The summed E-state index contributed by atoms with van der Waals surface area (Å²) in [5.41, 5.74) is 1.01. The van der Waals surface area contributed by atoms with Crippen LogP contribution in [0.5, 0.6) is 5.88 Å². The van der Waals surface area contributed by atoms with Crippen LogP contribution in [-0.4, -0.2) is 20.9 Å². The molecule has 1 aromatic heterocycles. The van der Waals surface area contributed by atoms with Crippen LogP contribution >= 0.6 is 23.8 Å². The second kappa shape index (κ2) is 6.24. The average molecular weight is 324 g/mol. The van der Waals surface area contributed by atoms with Gasteiger partial charge in [0.15, 0.2) is 4.77 Å². The number of benzene rings is 1. The summed E-state index contributed by atoms with van der Waals surface area (Å²) in [6.45, 7) is 4.09. The van der Waals surface area contributed by atoms with Crippen molar-refractivity contribution >= 4 is 35.7 Å². The zero-order chi connectivity index (χ0) is 15.6. The summed E-state index contributed by atoms with van der Waals surface area (Å²) in [5, 5.41) is 10.7. The van der Waals surface area contributed by atoms with Gasteiger partial charge in [0.25, 0.3) is 5.56 Å². The van der Waals surface area contributed by atoms with E-state index in [1.165, 1.54) is 10.8 Å². The van der Waals surface area contributed by atoms with Crippen LogP contribution in [-0.2, 0) is 6.54 Å². The first-order chi connectivity index (χ1) is 9.95. The second-order valence-corrected chi connectivity index (χ2v) is 5.18. The van der Waals surface area contributed by atoms with E-state index < -0.39 is 5.56 Å². The molecule has 0 saturated heterocycles. The lowest BCUT2D eigenvalue weighted by Gasteiger charge is -2.08. The molecule has 0 spiro atoms. The third-order valence-electron chi connectivity index (χ3n) is 3.09. The number of aromatic nitrogens is 2. The van der Waals surface area contributed by atoms with E-state index in [2.05, 4.69) is 9.98 Å². The minimum absolute atomic E-state index is 0.0600. The van der Waals surface area contributed by atoms with Gasteiger partial charge in [-0.3, -0.25) is 19.3 Å². The summed E-state index contributed by atoms with van der Waals surface area (Å²) >= 11 is 11.0. The molecule has 0 atom stereocenters. The van der Waals surface area contributed by atoms with E-state index in [4.69, 9.17) is 23.8 Å². The molecular formula is C14H14ClN3O2S. The van der Waals surface area contributed by atoms with Gasteiger partial charge in [0, 0.05) is 17.8 Å². The van der Waals surface area contributed by atoms with Crippen LogP contribution in [0.15, 0.2) is 28.0 Å². The number of aromatic hydroxyl groups is 1. The van der Waals surface area contributed by atoms with Crippen LogP contribution in [0.25, 0.3) is 0 Å². The Kier molecular flexibility index (Phi) is 4.59. The first kappa shape index (κ1) is 15.5. The molecule has 0 bridgehead atoms. The van der Waals surface area contributed by atoms with Crippen molar-refractivity contribution < 1.29 is 5.11 Å². The molecule has 0 unspecified atom stereocenters. The van der Waals surface area contributed by atoms with Gasteiger partial charge in [-0.25, -0.2) is 0 Å². The van der Waals surface area contributed by atoms with Crippen molar-refractivity contribution in [2.45, 2.75) is 20.4 Å². The molecular weight excluding hydrogens is 310 g/mol. The van der Waals surface area contributed by atoms with Gasteiger partial charge in [-0.05, 0) is 43.8 Å². The van der Waals surface area contributed by atoms with E-state index in [0.29, 0.717) is 17.3 Å². The molecule has 0 aliphatic heterocycles. The molecule has 7 heteroatoms. The van der Waals surface area contributed by atoms with Crippen molar-refractivity contribution in [3.63, 3.8) is 0 Å². The van der Waals surface area contributed by atoms with Gasteiger partial charge in [0.2, 0.25) is 5.88 Å². The predicted octanol–water partition coefficient (Wildman–Crippen LogP) is 3.34. The van der Waals surface area contributed by atoms with Crippen molar-refractivity contribution in [2.24, 2.45) is 4.99 Å². The molecule has 2 rings (SSSR count). The molecule has 2 aromatic rings. The summed E-state index contributed by atoms with van der Waals surface area (Å²) in [6.07, 6.45) is 1.31. The molecule has 1 heterocycles. The molecule has 0 aliphatic carbocycles. The largest absolute Gasteiger partial charge is 0.494 e. The number of aromatic amines is 1. The Hall–Kier alpha value is -1.92. The lowest BCUT2D eigenvalue weighted by Crippen LogP contribution is -2.18. The number of H-pyrrole nitrogens is 1. The molecule has 0 fully saturated rings. The fraction of sp³-hybridized carbons (Fsp3) is 0.214. The van der Waals surface area contributed by atoms with Gasteiger partial charge in [-0.2, -0.15) is 0 Å². The SMILES string of the molecule is CCn1c(O)c(C=Nc2cccc(Cl)c2C)c(=O)[nH]c1=S. The van der Waals surface area contributed by atoms with E-state index in [9.17, 15) is 9.90 Å². The fourth-order valence-electron chi connectivity index (χ4n) is 1.85. The Balaban J connectivity index is 2.54. The van der Waals surface area contributed by atoms with E-state index in [1.54, 1.807) is 18.2 Å². The molecule has 110 valence electrons. The van der Waals surface area contributed by atoms with Crippen LogP contribution in [0.4, 0.5) is 5.69 Å². The van der Waals surface area contributed by atoms with E-state index >= 15 is 0 Å². The number of hydrogen-bond acceptors (Lipinski definition) is 4. The zero-order valence-corrected chi connectivity index (χ0v) is 13.1. The lowest BCUT2D eigenvalue weighted by molar-refractivity contribution is 0.408. The molecule has 2 N–H and O–H groups in total. The molecule has 21 heavy (non-hydrogen) atoms. The molecule has 1 aromatic carbocycles. The smallest absolute Gasteiger partial charge is 0.264 e. The summed E-state index contributed by atoms with van der Waals surface area (Å²) in [7, 11) is 0. The van der Waals surface area contributed by atoms with E-state index in [-0.39, 0.29) is 16.2 Å². The number of hydrogen-bond donors (Lipinski definition) is 2. The maximum absolute atomic E-state index is 11.9. The average Bonchev–Trinajstić information content (AvgIpc) is 2.43. The number of nitrogens with one attached hydrogen (secondary N) is 1. The van der Waals surface area contributed by atoms with Crippen molar-refractivity contribution in [1.29, 1.82) is 0 Å². The lowest BCUT2D eigenvalue weighted by atomic mass is 10.2. The minimum Gasteiger partial charge on any atom is -0.494 e. The maximum atomic E-state index is 11.9. The van der Waals surface area contributed by atoms with Crippen LogP contribution in [0.2, 0.25) is 5.02 Å². The molecule has 0 aliphatic rings. The number of rotatable bonds is 3. The first-order valence-electron chi connectivity index (χ1n) is 6.31. The van der Waals surface area contributed by atoms with Crippen LogP contribution in [0.1, 0.15) is 18.1 Å². The third-order valence-corrected chi connectivity index (χ3v) is 3.83. The van der Waals surface area contributed by atoms with E-state index in [1.807, 2.05) is 13.8 Å². The van der Waals surface area contributed by atoms with Crippen LogP contribution in [0, 0.1) is 11.7 Å². The van der Waals surface area contributed by atoms with Gasteiger partial charge in [0.1, 0.15) is 5.56 Å². The standard InChI is InChI=1S/C14H14ClN3O2S/c1-3-18-13(20)9(12(19)17-14(18)21)7-16-11-6-4-5-10(15)8(11)2/h4-7,20H,3H2,1-2H3,(H,17,19,21). The van der Waals surface area contributed by atoms with Crippen molar-refractivity contribution in [2.75, 3.05) is 0 Å². The van der Waals surface area contributed by atoms with Crippen LogP contribution < -0.4 is 5.56 Å². The Morgan fingerprint density at radius 3 is 2.90 bits per heavy atom. The third kappa shape index (κ3) is 3.06. The highest BCUT2D eigenvalue weighted by atomic mass is 35.5. The Labute approximate surface area is 131 Å². The van der Waals surface area contributed by atoms with Crippen molar-refractivity contribution in [3.05, 3.63) is 49.5 Å². The van der Waals surface area contributed by atoms with Crippen molar-refractivity contribution in [3.8, 4) is 5.88 Å². The topological polar surface area (TPSA) is 70.4 Å². The Morgan fingerprint density at radius 1 is 1.52 bits per heavy atom. The second-order valence-electron chi connectivity index (χ2n) is 4.38. The van der Waals surface area contributed by atoms with Crippen LogP contribution in [0.3, 0.4) is 0 Å². The quantitative estimate of drug-likeness (QED) is 0.672. The van der Waals surface area contributed by atoms with Gasteiger partial charge in [-0.15, -0.1) is 0 Å². The number of halogens is 1. The zero-order valence-electron chi connectivity index (χ0n) is 11.6. The molecule has 5 nitrogen and oxygen atoms in total. The van der Waals surface area contributed by atoms with Gasteiger partial charge in [0.05, 0.1) is 5.69 Å².